The minimum atomic E-state index is 0.280. The average molecular weight is 340 g/mol. The predicted octanol–water partition coefficient (Wildman–Crippen LogP) is 4.68. The van der Waals surface area contributed by atoms with Crippen LogP contribution in [0.15, 0.2) is 45.3 Å². The first kappa shape index (κ1) is 14.7. The minimum absolute atomic E-state index is 0.280. The molecule has 0 aliphatic carbocycles. The minimum Gasteiger partial charge on any atom is -0.460 e. The van der Waals surface area contributed by atoms with Crippen molar-refractivity contribution in [2.45, 2.75) is 25.1 Å². The maximum absolute atomic E-state index is 5.85. The third-order valence-electron chi connectivity index (χ3n) is 2.75. The van der Waals surface area contributed by atoms with Gasteiger partial charge >= 0.3 is 0 Å². The van der Waals surface area contributed by atoms with Gasteiger partial charge in [0.05, 0.1) is 5.75 Å². The van der Waals surface area contributed by atoms with Gasteiger partial charge in [0, 0.05) is 16.1 Å². The number of hydrogen-bond acceptors (Lipinski definition) is 3. The largest absolute Gasteiger partial charge is 0.460 e. The summed E-state index contributed by atoms with van der Waals surface area (Å²) in [4.78, 5) is 0. The highest BCUT2D eigenvalue weighted by molar-refractivity contribution is 9.10. The van der Waals surface area contributed by atoms with Gasteiger partial charge in [-0.1, -0.05) is 28.1 Å². The van der Waals surface area contributed by atoms with E-state index in [2.05, 4.69) is 34.1 Å². The zero-order valence-corrected chi connectivity index (χ0v) is 13.3. The van der Waals surface area contributed by atoms with Gasteiger partial charge in [-0.3, -0.25) is 0 Å². The van der Waals surface area contributed by atoms with E-state index in [-0.39, 0.29) is 6.04 Å². The summed E-state index contributed by atoms with van der Waals surface area (Å²) in [5.74, 6) is 3.93. The Morgan fingerprint density at radius 3 is 2.63 bits per heavy atom. The highest BCUT2D eigenvalue weighted by Crippen LogP contribution is 2.25. The first-order chi connectivity index (χ1) is 9.15. The molecule has 0 aliphatic heterocycles. The monoisotopic (exact) mass is 339 g/mol. The lowest BCUT2D eigenvalue weighted by Crippen LogP contribution is -2.15. The molecular formula is C15H18BrNOS. The van der Waals surface area contributed by atoms with Crippen molar-refractivity contribution in [2.24, 2.45) is 5.73 Å². The van der Waals surface area contributed by atoms with Crippen molar-refractivity contribution >= 4 is 27.7 Å². The van der Waals surface area contributed by atoms with Gasteiger partial charge in [-0.25, -0.2) is 0 Å². The Bertz CT molecular complexity index is 507. The molecule has 0 aliphatic rings. The van der Waals surface area contributed by atoms with Crippen molar-refractivity contribution in [3.05, 3.63) is 46.6 Å². The Balaban J connectivity index is 1.90. The molecule has 1 heterocycles. The van der Waals surface area contributed by atoms with E-state index in [9.17, 15) is 0 Å². The van der Waals surface area contributed by atoms with Gasteiger partial charge in [0.15, 0.2) is 0 Å². The van der Waals surface area contributed by atoms with E-state index in [4.69, 9.17) is 10.2 Å². The van der Waals surface area contributed by atoms with Gasteiger partial charge < -0.3 is 10.2 Å². The Hall–Kier alpha value is -0.710. The molecule has 102 valence electrons. The summed E-state index contributed by atoms with van der Waals surface area (Å²) in [5.41, 5.74) is 6.83. The summed E-state index contributed by atoms with van der Waals surface area (Å²) < 4.78 is 6.93. The van der Waals surface area contributed by atoms with Crippen molar-refractivity contribution in [1.82, 2.24) is 0 Å². The van der Waals surface area contributed by atoms with Crippen molar-refractivity contribution in [2.75, 3.05) is 5.75 Å². The lowest BCUT2D eigenvalue weighted by atomic mass is 10.2. The number of rotatable bonds is 6. The fraction of sp³-hybridized carbons (Fsp3) is 0.333. The molecule has 1 aromatic heterocycles. The molecule has 19 heavy (non-hydrogen) atoms. The van der Waals surface area contributed by atoms with Crippen LogP contribution in [0.25, 0.3) is 11.3 Å². The third-order valence-corrected chi connectivity index (χ3v) is 4.29. The van der Waals surface area contributed by atoms with E-state index in [0.717, 1.165) is 39.5 Å². The number of thioether (sulfide) groups is 1. The molecule has 2 nitrogen and oxygen atoms in total. The normalized spacial score (nSPS) is 12.6. The first-order valence-corrected chi connectivity index (χ1v) is 8.28. The van der Waals surface area contributed by atoms with Crippen LogP contribution < -0.4 is 5.73 Å². The van der Waals surface area contributed by atoms with E-state index in [1.807, 2.05) is 36.9 Å². The molecule has 0 spiro atoms. The standard InChI is InChI=1S/C15H18BrNOS/c1-11(17)8-9-19-10-14-6-7-15(18-14)12-2-4-13(16)5-3-12/h2-7,11H,8-10,17H2,1H3. The summed E-state index contributed by atoms with van der Waals surface area (Å²) in [7, 11) is 0. The van der Waals surface area contributed by atoms with Crippen LogP contribution in [0.3, 0.4) is 0 Å². The highest BCUT2D eigenvalue weighted by Gasteiger charge is 2.05. The second-order valence-electron chi connectivity index (χ2n) is 4.59. The van der Waals surface area contributed by atoms with Crippen LogP contribution in [0, 0.1) is 0 Å². The fourth-order valence-corrected chi connectivity index (χ4v) is 2.97. The van der Waals surface area contributed by atoms with Gasteiger partial charge in [0.2, 0.25) is 0 Å². The summed E-state index contributed by atoms with van der Waals surface area (Å²) in [6.07, 6.45) is 1.05. The maximum atomic E-state index is 5.85. The van der Waals surface area contributed by atoms with Crippen LogP contribution in [0.4, 0.5) is 0 Å². The molecule has 0 amide bonds. The summed E-state index contributed by atoms with van der Waals surface area (Å²) in [5, 5.41) is 0. The molecule has 1 unspecified atom stereocenters. The van der Waals surface area contributed by atoms with E-state index < -0.39 is 0 Å². The molecule has 0 radical (unpaired) electrons. The molecule has 0 saturated heterocycles. The quantitative estimate of drug-likeness (QED) is 0.776. The molecule has 2 aromatic rings. The van der Waals surface area contributed by atoms with Crippen LogP contribution >= 0.6 is 27.7 Å². The van der Waals surface area contributed by atoms with Crippen LogP contribution in [-0.2, 0) is 5.75 Å². The van der Waals surface area contributed by atoms with Crippen LogP contribution in [0.1, 0.15) is 19.1 Å². The molecule has 2 rings (SSSR count). The molecule has 0 saturated carbocycles. The summed E-state index contributed by atoms with van der Waals surface area (Å²) in [6.45, 7) is 2.04. The lowest BCUT2D eigenvalue weighted by Gasteiger charge is -2.03. The first-order valence-electron chi connectivity index (χ1n) is 6.33. The van der Waals surface area contributed by atoms with Gasteiger partial charge in [-0.05, 0) is 43.4 Å². The van der Waals surface area contributed by atoms with E-state index in [1.54, 1.807) is 0 Å². The van der Waals surface area contributed by atoms with E-state index in [1.165, 1.54) is 0 Å². The zero-order valence-electron chi connectivity index (χ0n) is 10.9. The molecule has 4 heteroatoms. The average Bonchev–Trinajstić information content (AvgIpc) is 2.84. The number of benzene rings is 1. The second kappa shape index (κ2) is 7.17. The number of nitrogens with two attached hydrogens (primary N) is 1. The SMILES string of the molecule is CC(N)CCSCc1ccc(-c2ccc(Br)cc2)o1. The van der Waals surface area contributed by atoms with Crippen LogP contribution in [-0.4, -0.2) is 11.8 Å². The second-order valence-corrected chi connectivity index (χ2v) is 6.61. The van der Waals surface area contributed by atoms with E-state index in [0.29, 0.717) is 0 Å². The topological polar surface area (TPSA) is 39.2 Å². The summed E-state index contributed by atoms with van der Waals surface area (Å²) >= 11 is 5.30. The van der Waals surface area contributed by atoms with Crippen molar-refractivity contribution in [3.63, 3.8) is 0 Å². The van der Waals surface area contributed by atoms with Crippen molar-refractivity contribution < 1.29 is 4.42 Å². The molecule has 0 bridgehead atoms. The molecule has 2 N–H and O–H groups in total. The number of hydrogen-bond donors (Lipinski definition) is 1. The van der Waals surface area contributed by atoms with Crippen molar-refractivity contribution in [1.29, 1.82) is 0 Å². The Morgan fingerprint density at radius 1 is 1.21 bits per heavy atom. The Labute approximate surface area is 126 Å². The molecular weight excluding hydrogens is 322 g/mol. The Kier molecular flexibility index (Phi) is 5.55. The van der Waals surface area contributed by atoms with Gasteiger partial charge in [-0.15, -0.1) is 0 Å². The van der Waals surface area contributed by atoms with Crippen LogP contribution in [0.5, 0.6) is 0 Å². The number of halogens is 1. The zero-order chi connectivity index (χ0) is 13.7. The smallest absolute Gasteiger partial charge is 0.134 e. The summed E-state index contributed by atoms with van der Waals surface area (Å²) in [6, 6.07) is 12.5. The maximum Gasteiger partial charge on any atom is 0.134 e. The highest BCUT2D eigenvalue weighted by atomic mass is 79.9. The molecule has 1 atom stereocenters. The van der Waals surface area contributed by atoms with Crippen molar-refractivity contribution in [3.8, 4) is 11.3 Å². The number of furan rings is 1. The van der Waals surface area contributed by atoms with E-state index >= 15 is 0 Å². The molecule has 1 aromatic carbocycles. The van der Waals surface area contributed by atoms with Crippen LogP contribution in [0.2, 0.25) is 0 Å². The predicted molar refractivity (Wildman–Crippen MR) is 86.3 cm³/mol. The van der Waals surface area contributed by atoms with Gasteiger partial charge in [0.1, 0.15) is 11.5 Å². The Morgan fingerprint density at radius 2 is 1.95 bits per heavy atom. The molecule has 0 fully saturated rings. The lowest BCUT2D eigenvalue weighted by molar-refractivity contribution is 0.544. The van der Waals surface area contributed by atoms with Gasteiger partial charge in [-0.2, -0.15) is 11.8 Å². The third kappa shape index (κ3) is 4.71. The van der Waals surface area contributed by atoms with Gasteiger partial charge in [0.25, 0.3) is 0 Å². The fourth-order valence-electron chi connectivity index (χ4n) is 1.67.